The molecule has 0 aromatic carbocycles. The van der Waals surface area contributed by atoms with Crippen molar-refractivity contribution in [3.63, 3.8) is 0 Å². The molecule has 0 unspecified atom stereocenters. The van der Waals surface area contributed by atoms with Gasteiger partial charge in [-0.2, -0.15) is 4.31 Å². The van der Waals surface area contributed by atoms with E-state index in [0.717, 1.165) is 25.7 Å². The standard InChI is InChI=1S/C12H17NO3S2/c14-18(15,11-4-3-9-17-11)13-7-8-16-12(10-13)5-1-2-6-12/h3-4,9H,1-2,5-8,10H2. The van der Waals surface area contributed by atoms with Gasteiger partial charge in [0.25, 0.3) is 10.0 Å². The number of morpholine rings is 1. The van der Waals surface area contributed by atoms with E-state index in [4.69, 9.17) is 4.74 Å². The van der Waals surface area contributed by atoms with Gasteiger partial charge in [0, 0.05) is 13.1 Å². The summed E-state index contributed by atoms with van der Waals surface area (Å²) >= 11 is 1.28. The summed E-state index contributed by atoms with van der Waals surface area (Å²) in [6.45, 7) is 1.51. The lowest BCUT2D eigenvalue weighted by molar-refractivity contribution is -0.0841. The summed E-state index contributed by atoms with van der Waals surface area (Å²) in [5, 5.41) is 1.80. The van der Waals surface area contributed by atoms with E-state index in [2.05, 4.69) is 0 Å². The Balaban J connectivity index is 1.84. The van der Waals surface area contributed by atoms with Crippen LogP contribution >= 0.6 is 11.3 Å². The van der Waals surface area contributed by atoms with E-state index in [-0.39, 0.29) is 5.60 Å². The fourth-order valence-electron chi connectivity index (χ4n) is 2.87. The maximum Gasteiger partial charge on any atom is 0.252 e. The van der Waals surface area contributed by atoms with Gasteiger partial charge in [-0.05, 0) is 24.3 Å². The minimum atomic E-state index is -3.31. The van der Waals surface area contributed by atoms with Crippen molar-refractivity contribution in [1.82, 2.24) is 4.31 Å². The number of sulfonamides is 1. The molecule has 0 amide bonds. The molecule has 2 heterocycles. The van der Waals surface area contributed by atoms with Crippen molar-refractivity contribution in [1.29, 1.82) is 0 Å². The summed E-state index contributed by atoms with van der Waals surface area (Å²) in [7, 11) is -3.31. The number of rotatable bonds is 2. The molecule has 100 valence electrons. The third-order valence-corrected chi connectivity index (χ3v) is 7.04. The molecule has 2 aliphatic rings. The molecular formula is C12H17NO3S2. The van der Waals surface area contributed by atoms with Gasteiger partial charge in [-0.1, -0.05) is 18.9 Å². The molecule has 1 aliphatic carbocycles. The Morgan fingerprint density at radius 2 is 2.11 bits per heavy atom. The van der Waals surface area contributed by atoms with E-state index in [1.807, 2.05) is 0 Å². The van der Waals surface area contributed by atoms with Gasteiger partial charge in [-0.3, -0.25) is 0 Å². The molecule has 0 atom stereocenters. The second kappa shape index (κ2) is 4.59. The maximum absolute atomic E-state index is 12.5. The molecule has 1 saturated carbocycles. The first kappa shape index (κ1) is 12.6. The highest BCUT2D eigenvalue weighted by Gasteiger charge is 2.43. The average molecular weight is 287 g/mol. The van der Waals surface area contributed by atoms with Gasteiger partial charge in [0.2, 0.25) is 0 Å². The van der Waals surface area contributed by atoms with Crippen LogP contribution in [0.5, 0.6) is 0 Å². The summed E-state index contributed by atoms with van der Waals surface area (Å²) in [5.74, 6) is 0. The molecule has 1 aliphatic heterocycles. The largest absolute Gasteiger partial charge is 0.372 e. The lowest BCUT2D eigenvalue weighted by Gasteiger charge is -2.39. The smallest absolute Gasteiger partial charge is 0.252 e. The molecule has 1 aromatic rings. The molecule has 18 heavy (non-hydrogen) atoms. The van der Waals surface area contributed by atoms with Gasteiger partial charge >= 0.3 is 0 Å². The Morgan fingerprint density at radius 3 is 2.78 bits per heavy atom. The van der Waals surface area contributed by atoms with Crippen molar-refractivity contribution >= 4 is 21.4 Å². The van der Waals surface area contributed by atoms with Crippen LogP contribution in [-0.2, 0) is 14.8 Å². The minimum absolute atomic E-state index is 0.206. The summed E-state index contributed by atoms with van der Waals surface area (Å²) in [4.78, 5) is 0. The molecule has 0 bridgehead atoms. The molecule has 6 heteroatoms. The van der Waals surface area contributed by atoms with Crippen LogP contribution in [0.1, 0.15) is 25.7 Å². The Bertz CT molecular complexity index is 503. The van der Waals surface area contributed by atoms with Crippen LogP contribution in [0.2, 0.25) is 0 Å². The third kappa shape index (κ3) is 2.11. The predicted molar refractivity (Wildman–Crippen MR) is 70.2 cm³/mol. The van der Waals surface area contributed by atoms with Crippen molar-refractivity contribution < 1.29 is 13.2 Å². The molecule has 0 radical (unpaired) electrons. The Kier molecular flexibility index (Phi) is 3.21. The SMILES string of the molecule is O=S(=O)(c1cccs1)N1CCOC2(CCCC2)C1. The fourth-order valence-corrected chi connectivity index (χ4v) is 5.52. The number of hydrogen-bond donors (Lipinski definition) is 0. The zero-order valence-electron chi connectivity index (χ0n) is 10.2. The Morgan fingerprint density at radius 1 is 1.33 bits per heavy atom. The molecule has 1 saturated heterocycles. The van der Waals surface area contributed by atoms with Gasteiger partial charge in [0.15, 0.2) is 0 Å². The highest BCUT2D eigenvalue weighted by Crippen LogP contribution is 2.37. The number of hydrogen-bond acceptors (Lipinski definition) is 4. The Labute approximate surface area is 112 Å². The molecule has 1 aromatic heterocycles. The Hall–Kier alpha value is -0.430. The molecule has 1 spiro atoms. The molecule has 4 nitrogen and oxygen atoms in total. The van der Waals surface area contributed by atoms with E-state index in [9.17, 15) is 8.42 Å². The number of nitrogens with zero attached hydrogens (tertiary/aromatic N) is 1. The van der Waals surface area contributed by atoms with Crippen molar-refractivity contribution in [2.45, 2.75) is 35.5 Å². The topological polar surface area (TPSA) is 46.6 Å². The van der Waals surface area contributed by atoms with Gasteiger partial charge in [-0.25, -0.2) is 8.42 Å². The zero-order chi connectivity index (χ0) is 12.6. The van der Waals surface area contributed by atoms with Crippen molar-refractivity contribution in [3.05, 3.63) is 17.5 Å². The maximum atomic E-state index is 12.5. The normalized spacial score (nSPS) is 24.7. The highest BCUT2D eigenvalue weighted by molar-refractivity contribution is 7.91. The van der Waals surface area contributed by atoms with Crippen molar-refractivity contribution in [2.75, 3.05) is 19.7 Å². The summed E-state index contributed by atoms with van der Waals surface area (Å²) in [6, 6.07) is 3.46. The zero-order valence-corrected chi connectivity index (χ0v) is 11.8. The molecule has 0 N–H and O–H groups in total. The third-order valence-electron chi connectivity index (χ3n) is 3.82. The monoisotopic (exact) mass is 287 g/mol. The van der Waals surface area contributed by atoms with Gasteiger partial charge in [0.05, 0.1) is 12.2 Å². The quantitative estimate of drug-likeness (QED) is 0.836. The van der Waals surface area contributed by atoms with Crippen molar-refractivity contribution in [3.8, 4) is 0 Å². The van der Waals surface area contributed by atoms with Gasteiger partial charge < -0.3 is 4.74 Å². The molecule has 2 fully saturated rings. The molecular weight excluding hydrogens is 270 g/mol. The van der Waals surface area contributed by atoms with Crippen LogP contribution in [0.15, 0.2) is 21.7 Å². The average Bonchev–Trinajstić information content (AvgIpc) is 3.01. The first-order valence-corrected chi connectivity index (χ1v) is 8.62. The van der Waals surface area contributed by atoms with Crippen molar-refractivity contribution in [2.24, 2.45) is 0 Å². The van der Waals surface area contributed by atoms with E-state index in [1.54, 1.807) is 21.8 Å². The van der Waals surface area contributed by atoms with Crippen LogP contribution in [0.25, 0.3) is 0 Å². The second-order valence-electron chi connectivity index (χ2n) is 5.01. The van der Waals surface area contributed by atoms with E-state index < -0.39 is 10.0 Å². The first-order valence-electron chi connectivity index (χ1n) is 6.30. The molecule has 3 rings (SSSR count). The lowest BCUT2D eigenvalue weighted by Crippen LogP contribution is -2.52. The van der Waals surface area contributed by atoms with Gasteiger partial charge in [-0.15, -0.1) is 11.3 Å². The van der Waals surface area contributed by atoms with Gasteiger partial charge in [0.1, 0.15) is 4.21 Å². The van der Waals surface area contributed by atoms with Crippen LogP contribution in [-0.4, -0.2) is 38.0 Å². The summed E-state index contributed by atoms with van der Waals surface area (Å²) in [6.07, 6.45) is 4.27. The second-order valence-corrected chi connectivity index (χ2v) is 8.12. The van der Waals surface area contributed by atoms with Crippen LogP contribution in [0, 0.1) is 0 Å². The van der Waals surface area contributed by atoms with Crippen LogP contribution < -0.4 is 0 Å². The first-order chi connectivity index (χ1) is 8.62. The fraction of sp³-hybridized carbons (Fsp3) is 0.667. The minimum Gasteiger partial charge on any atom is -0.372 e. The number of thiophene rings is 1. The highest BCUT2D eigenvalue weighted by atomic mass is 32.2. The van der Waals surface area contributed by atoms with E-state index in [1.165, 1.54) is 11.3 Å². The van der Waals surface area contributed by atoms with Crippen LogP contribution in [0.3, 0.4) is 0 Å². The van der Waals surface area contributed by atoms with E-state index >= 15 is 0 Å². The van der Waals surface area contributed by atoms with E-state index in [0.29, 0.717) is 23.9 Å². The van der Waals surface area contributed by atoms with Crippen LogP contribution in [0.4, 0.5) is 0 Å². The lowest BCUT2D eigenvalue weighted by atomic mass is 10.0. The summed E-state index contributed by atoms with van der Waals surface area (Å²) < 4.78 is 32.9. The predicted octanol–water partition coefficient (Wildman–Crippen LogP) is 2.08. The summed E-state index contributed by atoms with van der Waals surface area (Å²) in [5.41, 5.74) is -0.206. The number of ether oxygens (including phenoxy) is 1.